The van der Waals surface area contributed by atoms with Gasteiger partial charge in [-0.05, 0) is 6.07 Å². The molecule has 1 aliphatic rings. The van der Waals surface area contributed by atoms with Gasteiger partial charge in [0, 0.05) is 6.07 Å². The zero-order valence-corrected chi connectivity index (χ0v) is 9.10. The third-order valence-corrected chi connectivity index (χ3v) is 2.21. The molecular formula is C11H10O6. The molecule has 0 atom stereocenters. The van der Waals surface area contributed by atoms with Crippen LogP contribution in [0.4, 0.5) is 0 Å². The van der Waals surface area contributed by atoms with Gasteiger partial charge in [-0.25, -0.2) is 4.79 Å². The molecule has 1 heterocycles. The van der Waals surface area contributed by atoms with Crippen LogP contribution in [-0.4, -0.2) is 32.8 Å². The topological polar surface area (TPSA) is 71.1 Å². The van der Waals surface area contributed by atoms with Crippen LogP contribution >= 0.6 is 0 Å². The lowest BCUT2D eigenvalue weighted by Gasteiger charge is -2.08. The molecule has 2 rings (SSSR count). The molecule has 0 aliphatic carbocycles. The number of fused-ring (bicyclic) bond motifs is 1. The maximum atomic E-state index is 10.9. The van der Waals surface area contributed by atoms with Gasteiger partial charge in [0.2, 0.25) is 6.79 Å². The van der Waals surface area contributed by atoms with E-state index in [2.05, 4.69) is 4.74 Å². The van der Waals surface area contributed by atoms with Crippen molar-refractivity contribution in [2.24, 2.45) is 0 Å². The van der Waals surface area contributed by atoms with Crippen molar-refractivity contribution in [3.05, 3.63) is 17.7 Å². The molecule has 0 radical (unpaired) electrons. The van der Waals surface area contributed by atoms with E-state index in [9.17, 15) is 9.59 Å². The predicted octanol–water partition coefficient (Wildman–Crippen LogP) is 0.780. The van der Waals surface area contributed by atoms with E-state index < -0.39 is 5.97 Å². The first-order valence-electron chi connectivity index (χ1n) is 4.83. The molecule has 0 N–H and O–H groups in total. The molecule has 0 unspecified atom stereocenters. The van der Waals surface area contributed by atoms with Crippen LogP contribution in [0.25, 0.3) is 0 Å². The Hall–Kier alpha value is -2.24. The molecule has 0 saturated heterocycles. The SMILES string of the molecule is COC(=O)COc1cc2c(cc1C=O)OCO2. The van der Waals surface area contributed by atoms with E-state index in [1.807, 2.05) is 0 Å². The second-order valence-corrected chi connectivity index (χ2v) is 3.23. The van der Waals surface area contributed by atoms with Crippen molar-refractivity contribution in [2.45, 2.75) is 0 Å². The minimum absolute atomic E-state index is 0.105. The van der Waals surface area contributed by atoms with Gasteiger partial charge >= 0.3 is 5.97 Å². The second kappa shape index (κ2) is 4.73. The Bertz CT molecular complexity index is 454. The molecule has 17 heavy (non-hydrogen) atoms. The summed E-state index contributed by atoms with van der Waals surface area (Å²) in [5, 5.41) is 0. The fourth-order valence-corrected chi connectivity index (χ4v) is 1.35. The highest BCUT2D eigenvalue weighted by molar-refractivity contribution is 5.82. The zero-order valence-electron chi connectivity index (χ0n) is 9.10. The number of hydrogen-bond acceptors (Lipinski definition) is 6. The molecule has 0 bridgehead atoms. The summed E-state index contributed by atoms with van der Waals surface area (Å²) in [4.78, 5) is 21.8. The van der Waals surface area contributed by atoms with Gasteiger partial charge in [-0.15, -0.1) is 0 Å². The maximum Gasteiger partial charge on any atom is 0.343 e. The summed E-state index contributed by atoms with van der Waals surface area (Å²) in [5.41, 5.74) is 0.290. The molecule has 1 aromatic carbocycles. The lowest BCUT2D eigenvalue weighted by molar-refractivity contribution is -0.142. The molecule has 1 aliphatic heterocycles. The first-order valence-corrected chi connectivity index (χ1v) is 4.83. The lowest BCUT2D eigenvalue weighted by atomic mass is 10.2. The number of rotatable bonds is 4. The van der Waals surface area contributed by atoms with Crippen molar-refractivity contribution < 1.29 is 28.5 Å². The second-order valence-electron chi connectivity index (χ2n) is 3.23. The molecule has 0 amide bonds. The smallest absolute Gasteiger partial charge is 0.343 e. The van der Waals surface area contributed by atoms with Gasteiger partial charge in [0.15, 0.2) is 24.4 Å². The highest BCUT2D eigenvalue weighted by atomic mass is 16.7. The zero-order chi connectivity index (χ0) is 12.3. The predicted molar refractivity (Wildman–Crippen MR) is 55.5 cm³/mol. The average Bonchev–Trinajstić information content (AvgIpc) is 2.81. The minimum Gasteiger partial charge on any atom is -0.481 e. The van der Waals surface area contributed by atoms with E-state index in [1.54, 1.807) is 0 Å². The van der Waals surface area contributed by atoms with Crippen molar-refractivity contribution in [3.63, 3.8) is 0 Å². The highest BCUT2D eigenvalue weighted by Crippen LogP contribution is 2.37. The molecule has 90 valence electrons. The number of carbonyl (C=O) groups excluding carboxylic acids is 2. The van der Waals surface area contributed by atoms with Crippen LogP contribution in [-0.2, 0) is 9.53 Å². The summed E-state index contributed by atoms with van der Waals surface area (Å²) < 4.78 is 19.8. The normalized spacial score (nSPS) is 12.1. The number of esters is 1. The third-order valence-electron chi connectivity index (χ3n) is 2.21. The van der Waals surface area contributed by atoms with Crippen LogP contribution in [0.3, 0.4) is 0 Å². The van der Waals surface area contributed by atoms with Crippen LogP contribution in [0, 0.1) is 0 Å². The van der Waals surface area contributed by atoms with Gasteiger partial charge in [0.1, 0.15) is 5.75 Å². The van der Waals surface area contributed by atoms with Gasteiger partial charge in [-0.2, -0.15) is 0 Å². The van der Waals surface area contributed by atoms with Gasteiger partial charge in [0.05, 0.1) is 12.7 Å². The summed E-state index contributed by atoms with van der Waals surface area (Å²) in [6.07, 6.45) is 0.620. The third kappa shape index (κ3) is 2.30. The molecule has 6 heteroatoms. The quantitative estimate of drug-likeness (QED) is 0.570. The standard InChI is InChI=1S/C11H10O6/c1-14-11(13)5-15-8-3-10-9(16-6-17-10)2-7(8)4-12/h2-4H,5-6H2,1H3. The minimum atomic E-state index is -0.528. The molecule has 0 aromatic heterocycles. The Morgan fingerprint density at radius 2 is 2.12 bits per heavy atom. The van der Waals surface area contributed by atoms with E-state index in [-0.39, 0.29) is 24.7 Å². The number of aldehydes is 1. The van der Waals surface area contributed by atoms with Crippen molar-refractivity contribution in [2.75, 3.05) is 20.5 Å². The average molecular weight is 238 g/mol. The highest BCUT2D eigenvalue weighted by Gasteiger charge is 2.18. The summed E-state index contributed by atoms with van der Waals surface area (Å²) in [5.74, 6) is 0.696. The molecule has 0 fully saturated rings. The van der Waals surface area contributed by atoms with Crippen LogP contribution in [0.15, 0.2) is 12.1 Å². The Morgan fingerprint density at radius 3 is 2.76 bits per heavy atom. The molecular weight excluding hydrogens is 228 g/mol. The van der Waals surface area contributed by atoms with E-state index in [1.165, 1.54) is 19.2 Å². The fraction of sp³-hybridized carbons (Fsp3) is 0.273. The first-order chi connectivity index (χ1) is 8.24. The summed E-state index contributed by atoms with van der Waals surface area (Å²) in [6.45, 7) is -0.162. The summed E-state index contributed by atoms with van der Waals surface area (Å²) in [7, 11) is 1.26. The van der Waals surface area contributed by atoms with Crippen LogP contribution < -0.4 is 14.2 Å². The monoisotopic (exact) mass is 238 g/mol. The molecule has 1 aromatic rings. The van der Waals surface area contributed by atoms with E-state index in [0.717, 1.165) is 0 Å². The number of hydrogen-bond donors (Lipinski definition) is 0. The van der Waals surface area contributed by atoms with Crippen molar-refractivity contribution in [1.82, 2.24) is 0 Å². The Kier molecular flexibility index (Phi) is 3.13. The Labute approximate surface area is 97.0 Å². The van der Waals surface area contributed by atoms with Gasteiger partial charge in [0.25, 0.3) is 0 Å². The van der Waals surface area contributed by atoms with Crippen molar-refractivity contribution in [3.8, 4) is 17.2 Å². The van der Waals surface area contributed by atoms with Crippen LogP contribution in [0.1, 0.15) is 10.4 Å². The van der Waals surface area contributed by atoms with Crippen molar-refractivity contribution >= 4 is 12.3 Å². The molecule has 6 nitrogen and oxygen atoms in total. The van der Waals surface area contributed by atoms with E-state index in [4.69, 9.17) is 14.2 Å². The first kappa shape index (κ1) is 11.3. The number of benzene rings is 1. The number of methoxy groups -OCH3 is 1. The van der Waals surface area contributed by atoms with Crippen molar-refractivity contribution in [1.29, 1.82) is 0 Å². The lowest BCUT2D eigenvalue weighted by Crippen LogP contribution is -2.13. The number of ether oxygens (including phenoxy) is 4. The van der Waals surface area contributed by atoms with Gasteiger partial charge in [-0.1, -0.05) is 0 Å². The Morgan fingerprint density at radius 1 is 1.41 bits per heavy atom. The largest absolute Gasteiger partial charge is 0.481 e. The van der Waals surface area contributed by atoms with Gasteiger partial charge < -0.3 is 18.9 Å². The van der Waals surface area contributed by atoms with E-state index >= 15 is 0 Å². The summed E-state index contributed by atoms with van der Waals surface area (Å²) in [6, 6.07) is 3.01. The number of carbonyl (C=O) groups is 2. The molecule has 0 spiro atoms. The maximum absolute atomic E-state index is 10.9. The molecule has 0 saturated carbocycles. The van der Waals surface area contributed by atoms with Gasteiger partial charge in [-0.3, -0.25) is 4.79 Å². The van der Waals surface area contributed by atoms with Crippen LogP contribution in [0.2, 0.25) is 0 Å². The Balaban J connectivity index is 2.20. The van der Waals surface area contributed by atoms with E-state index in [0.29, 0.717) is 17.8 Å². The summed E-state index contributed by atoms with van der Waals surface area (Å²) >= 11 is 0. The van der Waals surface area contributed by atoms with Crippen LogP contribution in [0.5, 0.6) is 17.2 Å². The fourth-order valence-electron chi connectivity index (χ4n) is 1.35.